The van der Waals surface area contributed by atoms with Gasteiger partial charge in [-0.3, -0.25) is 0 Å². The lowest BCUT2D eigenvalue weighted by atomic mass is 9.79. The second kappa shape index (κ2) is 5.25. The van der Waals surface area contributed by atoms with Crippen LogP contribution in [0.5, 0.6) is 0 Å². The van der Waals surface area contributed by atoms with Gasteiger partial charge in [-0.2, -0.15) is 0 Å². The smallest absolute Gasteiger partial charge is 0.0106 e. The van der Waals surface area contributed by atoms with E-state index >= 15 is 0 Å². The van der Waals surface area contributed by atoms with Gasteiger partial charge in [-0.05, 0) is 40.4 Å². The van der Waals surface area contributed by atoms with E-state index in [1.165, 1.54) is 23.1 Å². The van der Waals surface area contributed by atoms with Crippen LogP contribution in [0.25, 0.3) is 0 Å². The van der Waals surface area contributed by atoms with Crippen molar-refractivity contribution in [2.24, 2.45) is 0 Å². The van der Waals surface area contributed by atoms with Crippen LogP contribution in [0, 0.1) is 0 Å². The summed E-state index contributed by atoms with van der Waals surface area (Å²) in [4.78, 5) is 0. The lowest BCUT2D eigenvalue weighted by molar-refractivity contribution is 0.504. The predicted octanol–water partition coefficient (Wildman–Crippen LogP) is 5.62. The Morgan fingerprint density at radius 1 is 0.882 bits per heavy atom. The van der Waals surface area contributed by atoms with E-state index in [4.69, 9.17) is 0 Å². The number of benzene rings is 1. The van der Waals surface area contributed by atoms with Gasteiger partial charge in [0.1, 0.15) is 0 Å². The molecule has 0 amide bonds. The van der Waals surface area contributed by atoms with Gasteiger partial charge in [0.05, 0.1) is 0 Å². The molecule has 96 valence electrons. The number of rotatable bonds is 4. The molecule has 0 unspecified atom stereocenters. The summed E-state index contributed by atoms with van der Waals surface area (Å²) >= 11 is 0. The van der Waals surface area contributed by atoms with E-state index in [0.717, 1.165) is 0 Å². The van der Waals surface area contributed by atoms with E-state index in [2.05, 4.69) is 66.7 Å². The standard InChI is InChI=1S/C17H28/c1-8-17(6,7)16-10-14(12(2)3)9-15(11-16)13(4)5/h9-13H,8H2,1-7H3. The Morgan fingerprint density at radius 3 is 1.59 bits per heavy atom. The Morgan fingerprint density at radius 2 is 1.29 bits per heavy atom. The van der Waals surface area contributed by atoms with Crippen molar-refractivity contribution in [1.82, 2.24) is 0 Å². The van der Waals surface area contributed by atoms with E-state index in [9.17, 15) is 0 Å². The van der Waals surface area contributed by atoms with Crippen molar-refractivity contribution in [1.29, 1.82) is 0 Å². The molecule has 0 aliphatic heterocycles. The molecule has 1 rings (SSSR count). The zero-order valence-corrected chi connectivity index (χ0v) is 12.6. The lowest BCUT2D eigenvalue weighted by Crippen LogP contribution is -2.16. The Hall–Kier alpha value is -0.780. The van der Waals surface area contributed by atoms with Crippen LogP contribution >= 0.6 is 0 Å². The van der Waals surface area contributed by atoms with E-state index in [1.54, 1.807) is 0 Å². The minimum absolute atomic E-state index is 0.286. The summed E-state index contributed by atoms with van der Waals surface area (Å²) in [5.41, 5.74) is 4.74. The normalized spacial score (nSPS) is 12.5. The summed E-state index contributed by atoms with van der Waals surface area (Å²) < 4.78 is 0. The maximum atomic E-state index is 2.40. The molecule has 1 aromatic carbocycles. The van der Waals surface area contributed by atoms with Gasteiger partial charge in [0, 0.05) is 0 Å². The summed E-state index contributed by atoms with van der Waals surface area (Å²) in [6.07, 6.45) is 1.19. The summed E-state index contributed by atoms with van der Waals surface area (Å²) in [6, 6.07) is 7.19. The van der Waals surface area contributed by atoms with Crippen molar-refractivity contribution in [3.05, 3.63) is 34.9 Å². The SMILES string of the molecule is CCC(C)(C)c1cc(C(C)C)cc(C(C)C)c1. The first kappa shape index (κ1) is 14.3. The molecule has 0 nitrogen and oxygen atoms in total. The second-order valence-corrected chi connectivity index (χ2v) is 6.44. The Bertz CT molecular complexity index is 343. The first-order valence-corrected chi connectivity index (χ1v) is 6.93. The second-order valence-electron chi connectivity index (χ2n) is 6.44. The molecule has 0 aliphatic rings. The topological polar surface area (TPSA) is 0 Å². The molecular weight excluding hydrogens is 204 g/mol. The van der Waals surface area contributed by atoms with Gasteiger partial charge in [0.2, 0.25) is 0 Å². The fraction of sp³-hybridized carbons (Fsp3) is 0.647. The lowest BCUT2D eigenvalue weighted by Gasteiger charge is -2.26. The molecule has 0 heteroatoms. The van der Waals surface area contributed by atoms with Gasteiger partial charge in [0.25, 0.3) is 0 Å². The van der Waals surface area contributed by atoms with Crippen molar-refractivity contribution in [3.8, 4) is 0 Å². The molecule has 0 bridgehead atoms. The summed E-state index contributed by atoms with van der Waals surface area (Å²) in [5.74, 6) is 1.22. The number of hydrogen-bond acceptors (Lipinski definition) is 0. The highest BCUT2D eigenvalue weighted by Crippen LogP contribution is 2.32. The largest absolute Gasteiger partial charge is 0.0646 e. The molecule has 1 aromatic rings. The molecule has 0 aromatic heterocycles. The van der Waals surface area contributed by atoms with Crippen molar-refractivity contribution in [3.63, 3.8) is 0 Å². The molecule has 17 heavy (non-hydrogen) atoms. The molecule has 0 saturated carbocycles. The van der Waals surface area contributed by atoms with Gasteiger partial charge in [-0.1, -0.05) is 66.7 Å². The van der Waals surface area contributed by atoms with Gasteiger partial charge in [-0.25, -0.2) is 0 Å². The maximum absolute atomic E-state index is 2.40. The van der Waals surface area contributed by atoms with Crippen LogP contribution in [0.1, 0.15) is 83.4 Å². The summed E-state index contributed by atoms with van der Waals surface area (Å²) in [7, 11) is 0. The Kier molecular flexibility index (Phi) is 4.41. The van der Waals surface area contributed by atoms with Crippen LogP contribution < -0.4 is 0 Å². The minimum atomic E-state index is 0.286. The number of hydrogen-bond donors (Lipinski definition) is 0. The fourth-order valence-corrected chi connectivity index (χ4v) is 1.94. The molecular formula is C17H28. The minimum Gasteiger partial charge on any atom is -0.0646 e. The van der Waals surface area contributed by atoms with E-state index in [-0.39, 0.29) is 5.41 Å². The third-order valence-electron chi connectivity index (χ3n) is 3.98. The monoisotopic (exact) mass is 232 g/mol. The van der Waals surface area contributed by atoms with Crippen molar-refractivity contribution >= 4 is 0 Å². The van der Waals surface area contributed by atoms with Crippen LogP contribution in [0.15, 0.2) is 18.2 Å². The van der Waals surface area contributed by atoms with Gasteiger partial charge < -0.3 is 0 Å². The summed E-state index contributed by atoms with van der Waals surface area (Å²) in [6.45, 7) is 16.1. The highest BCUT2D eigenvalue weighted by molar-refractivity contribution is 5.37. The third kappa shape index (κ3) is 3.34. The molecule has 0 heterocycles. The van der Waals surface area contributed by atoms with E-state index in [1.807, 2.05) is 0 Å². The Labute approximate surface area is 107 Å². The Balaban J connectivity index is 3.31. The van der Waals surface area contributed by atoms with Crippen molar-refractivity contribution < 1.29 is 0 Å². The predicted molar refractivity (Wildman–Crippen MR) is 77.9 cm³/mol. The van der Waals surface area contributed by atoms with Crippen molar-refractivity contribution in [2.45, 2.75) is 72.1 Å². The van der Waals surface area contributed by atoms with Crippen LogP contribution in [0.2, 0.25) is 0 Å². The summed E-state index contributed by atoms with van der Waals surface area (Å²) in [5, 5.41) is 0. The zero-order valence-electron chi connectivity index (χ0n) is 12.6. The van der Waals surface area contributed by atoms with Crippen LogP contribution in [0.3, 0.4) is 0 Å². The molecule has 0 aliphatic carbocycles. The third-order valence-corrected chi connectivity index (χ3v) is 3.98. The average Bonchev–Trinajstić information content (AvgIpc) is 2.28. The van der Waals surface area contributed by atoms with Crippen LogP contribution in [-0.2, 0) is 5.41 Å². The van der Waals surface area contributed by atoms with E-state index < -0.39 is 0 Å². The van der Waals surface area contributed by atoms with Crippen LogP contribution in [-0.4, -0.2) is 0 Å². The molecule has 0 atom stereocenters. The van der Waals surface area contributed by atoms with Gasteiger partial charge >= 0.3 is 0 Å². The highest BCUT2D eigenvalue weighted by atomic mass is 14.2. The molecule has 0 N–H and O–H groups in total. The first-order valence-electron chi connectivity index (χ1n) is 6.93. The van der Waals surface area contributed by atoms with Crippen LogP contribution in [0.4, 0.5) is 0 Å². The average molecular weight is 232 g/mol. The molecule has 0 radical (unpaired) electrons. The molecule has 0 fully saturated rings. The highest BCUT2D eigenvalue weighted by Gasteiger charge is 2.20. The van der Waals surface area contributed by atoms with E-state index in [0.29, 0.717) is 11.8 Å². The van der Waals surface area contributed by atoms with Gasteiger partial charge in [-0.15, -0.1) is 0 Å². The van der Waals surface area contributed by atoms with Crippen molar-refractivity contribution in [2.75, 3.05) is 0 Å². The molecule has 0 saturated heterocycles. The van der Waals surface area contributed by atoms with Gasteiger partial charge in [0.15, 0.2) is 0 Å². The quantitative estimate of drug-likeness (QED) is 0.632. The first-order chi connectivity index (χ1) is 7.77. The zero-order chi connectivity index (χ0) is 13.2. The maximum Gasteiger partial charge on any atom is -0.0106 e. The fourth-order valence-electron chi connectivity index (χ4n) is 1.94. The molecule has 0 spiro atoms.